The molecule has 2 aromatic carbocycles. The number of benzene rings is 2. The van der Waals surface area contributed by atoms with E-state index in [-0.39, 0.29) is 10.6 Å². The van der Waals surface area contributed by atoms with Crippen molar-refractivity contribution in [3.05, 3.63) is 58.6 Å². The molecule has 2 rings (SSSR count). The number of nitrogen functional groups attached to an aromatic ring is 1. The van der Waals surface area contributed by atoms with Crippen molar-refractivity contribution in [2.75, 3.05) is 10.5 Å². The second kappa shape index (κ2) is 5.17. The molecular formula is C12H11N3O4S. The number of hydrogen-bond donors (Lipinski definition) is 2. The molecule has 0 saturated carbocycles. The fraction of sp³-hybridized carbons (Fsp3) is 0. The molecule has 0 fully saturated rings. The molecule has 0 unspecified atom stereocenters. The van der Waals surface area contributed by atoms with Crippen LogP contribution in [0.2, 0.25) is 0 Å². The molecule has 20 heavy (non-hydrogen) atoms. The Morgan fingerprint density at radius 3 is 2.25 bits per heavy atom. The van der Waals surface area contributed by atoms with Crippen LogP contribution in [-0.2, 0) is 10.0 Å². The highest BCUT2D eigenvalue weighted by Crippen LogP contribution is 2.25. The fourth-order valence-corrected chi connectivity index (χ4v) is 2.83. The summed E-state index contributed by atoms with van der Waals surface area (Å²) in [6.45, 7) is 0. The van der Waals surface area contributed by atoms with Crippen LogP contribution in [0.5, 0.6) is 0 Å². The number of nitro groups is 1. The largest absolute Gasteiger partial charge is 0.399 e. The number of nitrogens with one attached hydrogen (secondary N) is 1. The summed E-state index contributed by atoms with van der Waals surface area (Å²) in [6, 6.07) is 11.1. The normalized spacial score (nSPS) is 11.0. The van der Waals surface area contributed by atoms with E-state index in [9.17, 15) is 18.5 Å². The summed E-state index contributed by atoms with van der Waals surface area (Å²) in [4.78, 5) is 9.74. The molecule has 0 aliphatic heterocycles. The minimum atomic E-state index is -4.03. The van der Waals surface area contributed by atoms with Gasteiger partial charge in [0, 0.05) is 17.4 Å². The molecular weight excluding hydrogens is 282 g/mol. The van der Waals surface area contributed by atoms with Crippen LogP contribution in [0.15, 0.2) is 53.4 Å². The lowest BCUT2D eigenvalue weighted by molar-refractivity contribution is -0.387. The molecule has 0 spiro atoms. The van der Waals surface area contributed by atoms with Gasteiger partial charge < -0.3 is 5.73 Å². The van der Waals surface area contributed by atoms with Crippen LogP contribution in [0, 0.1) is 10.1 Å². The first kappa shape index (κ1) is 13.8. The van der Waals surface area contributed by atoms with E-state index in [1.165, 1.54) is 42.5 Å². The van der Waals surface area contributed by atoms with E-state index in [1.807, 2.05) is 0 Å². The van der Waals surface area contributed by atoms with Gasteiger partial charge in [0.2, 0.25) is 0 Å². The third-order valence-electron chi connectivity index (χ3n) is 2.51. The van der Waals surface area contributed by atoms with E-state index in [1.54, 1.807) is 0 Å². The number of nitro benzene ring substituents is 1. The molecule has 3 N–H and O–H groups in total. The van der Waals surface area contributed by atoms with E-state index in [4.69, 9.17) is 5.73 Å². The zero-order valence-corrected chi connectivity index (χ0v) is 11.0. The lowest BCUT2D eigenvalue weighted by atomic mass is 10.3. The molecule has 0 bridgehead atoms. The third kappa shape index (κ3) is 2.86. The summed E-state index contributed by atoms with van der Waals surface area (Å²) < 4.78 is 26.6. The second-order valence-electron chi connectivity index (χ2n) is 3.95. The Kier molecular flexibility index (Phi) is 3.57. The van der Waals surface area contributed by atoms with Crippen molar-refractivity contribution >= 4 is 27.1 Å². The molecule has 8 heteroatoms. The van der Waals surface area contributed by atoms with E-state index < -0.39 is 20.6 Å². The van der Waals surface area contributed by atoms with E-state index >= 15 is 0 Å². The predicted octanol–water partition coefficient (Wildman–Crippen LogP) is 1.98. The van der Waals surface area contributed by atoms with Crippen molar-refractivity contribution in [2.24, 2.45) is 0 Å². The molecule has 0 aliphatic rings. The summed E-state index contributed by atoms with van der Waals surface area (Å²) in [5, 5.41) is 10.9. The Morgan fingerprint density at radius 2 is 1.65 bits per heavy atom. The van der Waals surface area contributed by atoms with Gasteiger partial charge in [0.05, 0.1) is 4.92 Å². The van der Waals surface area contributed by atoms with Crippen molar-refractivity contribution in [3.8, 4) is 0 Å². The number of para-hydroxylation sites is 1. The number of sulfonamides is 1. The van der Waals surface area contributed by atoms with Gasteiger partial charge in [-0.3, -0.25) is 14.8 Å². The van der Waals surface area contributed by atoms with Gasteiger partial charge in [-0.1, -0.05) is 12.1 Å². The molecule has 0 amide bonds. The molecule has 0 saturated heterocycles. The summed E-state index contributed by atoms with van der Waals surface area (Å²) in [6.07, 6.45) is 0. The highest BCUT2D eigenvalue weighted by molar-refractivity contribution is 7.92. The molecule has 0 aromatic heterocycles. The molecule has 0 radical (unpaired) electrons. The van der Waals surface area contributed by atoms with Crippen molar-refractivity contribution in [2.45, 2.75) is 4.90 Å². The molecule has 7 nitrogen and oxygen atoms in total. The Balaban J connectivity index is 2.41. The van der Waals surface area contributed by atoms with Crippen LogP contribution in [0.25, 0.3) is 0 Å². The van der Waals surface area contributed by atoms with Gasteiger partial charge in [-0.05, 0) is 30.3 Å². The highest BCUT2D eigenvalue weighted by atomic mass is 32.2. The van der Waals surface area contributed by atoms with Gasteiger partial charge in [0.15, 0.2) is 4.90 Å². The van der Waals surface area contributed by atoms with Crippen LogP contribution in [-0.4, -0.2) is 13.3 Å². The van der Waals surface area contributed by atoms with Crippen LogP contribution >= 0.6 is 0 Å². The average Bonchev–Trinajstić information content (AvgIpc) is 2.41. The third-order valence-corrected chi connectivity index (χ3v) is 3.94. The Bertz CT molecular complexity index is 742. The molecule has 0 atom stereocenters. The van der Waals surface area contributed by atoms with Gasteiger partial charge in [-0.2, -0.15) is 0 Å². The average molecular weight is 293 g/mol. The Hall–Kier alpha value is -2.61. The van der Waals surface area contributed by atoms with Crippen LogP contribution in [0.1, 0.15) is 0 Å². The van der Waals surface area contributed by atoms with Gasteiger partial charge >= 0.3 is 0 Å². The van der Waals surface area contributed by atoms with Crippen LogP contribution < -0.4 is 10.5 Å². The minimum Gasteiger partial charge on any atom is -0.399 e. The lowest BCUT2D eigenvalue weighted by Gasteiger charge is -2.08. The number of anilines is 2. The molecule has 2 aromatic rings. The number of nitrogens with two attached hydrogens (primary N) is 1. The van der Waals surface area contributed by atoms with E-state index in [0.29, 0.717) is 5.69 Å². The smallest absolute Gasteiger partial charge is 0.289 e. The standard InChI is InChI=1S/C12H11N3O4S/c13-9-5-7-10(8-6-9)14-20(18,19)12-4-2-1-3-11(12)15(16)17/h1-8,14H,13H2. The summed E-state index contributed by atoms with van der Waals surface area (Å²) in [5.41, 5.74) is 5.78. The van der Waals surface area contributed by atoms with Crippen molar-refractivity contribution in [3.63, 3.8) is 0 Å². The monoisotopic (exact) mass is 293 g/mol. The van der Waals surface area contributed by atoms with Crippen LogP contribution in [0.3, 0.4) is 0 Å². The Labute approximate surface area is 115 Å². The molecule has 0 aliphatic carbocycles. The summed E-state index contributed by atoms with van der Waals surface area (Å²) in [5.74, 6) is 0. The SMILES string of the molecule is Nc1ccc(NS(=O)(=O)c2ccccc2[N+](=O)[O-])cc1. The minimum absolute atomic E-state index is 0.275. The van der Waals surface area contributed by atoms with Crippen molar-refractivity contribution in [1.82, 2.24) is 0 Å². The summed E-state index contributed by atoms with van der Waals surface area (Å²) in [7, 11) is -4.03. The van der Waals surface area contributed by atoms with Gasteiger partial charge in [0.25, 0.3) is 15.7 Å². The highest BCUT2D eigenvalue weighted by Gasteiger charge is 2.24. The number of nitrogens with zero attached hydrogens (tertiary/aromatic N) is 1. The van der Waals surface area contributed by atoms with E-state index in [0.717, 1.165) is 6.07 Å². The quantitative estimate of drug-likeness (QED) is 0.508. The van der Waals surface area contributed by atoms with Gasteiger partial charge in [-0.25, -0.2) is 8.42 Å². The first-order valence-electron chi connectivity index (χ1n) is 5.52. The van der Waals surface area contributed by atoms with Crippen molar-refractivity contribution in [1.29, 1.82) is 0 Å². The van der Waals surface area contributed by atoms with E-state index in [2.05, 4.69) is 4.72 Å². The summed E-state index contributed by atoms with van der Waals surface area (Å²) >= 11 is 0. The topological polar surface area (TPSA) is 115 Å². The maximum Gasteiger partial charge on any atom is 0.289 e. The zero-order chi connectivity index (χ0) is 14.8. The molecule has 104 valence electrons. The molecule has 0 heterocycles. The van der Waals surface area contributed by atoms with Gasteiger partial charge in [-0.15, -0.1) is 0 Å². The number of hydrogen-bond acceptors (Lipinski definition) is 5. The first-order chi connectivity index (χ1) is 9.40. The Morgan fingerprint density at radius 1 is 1.05 bits per heavy atom. The first-order valence-corrected chi connectivity index (χ1v) is 7.00. The maximum atomic E-state index is 12.2. The lowest BCUT2D eigenvalue weighted by Crippen LogP contribution is -2.14. The second-order valence-corrected chi connectivity index (χ2v) is 5.60. The fourth-order valence-electron chi connectivity index (χ4n) is 1.60. The van der Waals surface area contributed by atoms with Crippen LogP contribution in [0.4, 0.5) is 17.1 Å². The predicted molar refractivity (Wildman–Crippen MR) is 74.8 cm³/mol. The van der Waals surface area contributed by atoms with Crippen molar-refractivity contribution < 1.29 is 13.3 Å². The van der Waals surface area contributed by atoms with Gasteiger partial charge in [0.1, 0.15) is 0 Å². The number of rotatable bonds is 4. The maximum absolute atomic E-state index is 12.2. The zero-order valence-electron chi connectivity index (χ0n) is 10.2.